The Kier molecular flexibility index (Phi) is 7.54. The first kappa shape index (κ1) is 17.8. The lowest BCUT2D eigenvalue weighted by molar-refractivity contribution is -0.121. The average Bonchev–Trinajstić information content (AvgIpc) is 2.81. The highest BCUT2D eigenvalue weighted by Gasteiger charge is 2.25. The van der Waals surface area contributed by atoms with Crippen LogP contribution >= 0.6 is 0 Å². The van der Waals surface area contributed by atoms with Crippen LogP contribution in [0.2, 0.25) is 0 Å². The minimum atomic E-state index is 0.0899. The van der Waals surface area contributed by atoms with E-state index in [0.717, 1.165) is 30.9 Å². The summed E-state index contributed by atoms with van der Waals surface area (Å²) in [6, 6.07) is 0.201. The van der Waals surface area contributed by atoms with Crippen molar-refractivity contribution in [2.24, 2.45) is 16.8 Å². The van der Waals surface area contributed by atoms with Gasteiger partial charge in [0.2, 0.25) is 5.91 Å². The molecule has 1 heterocycles. The van der Waals surface area contributed by atoms with Crippen LogP contribution in [0.15, 0.2) is 4.99 Å². The van der Waals surface area contributed by atoms with Gasteiger partial charge in [0.1, 0.15) is 0 Å². The molecular formula is C16H32N4O. The number of nitrogens with one attached hydrogen (secondary N) is 2. The number of carbonyl (C=O) groups is 1. The minimum absolute atomic E-state index is 0.0899. The molecule has 0 aromatic rings. The van der Waals surface area contributed by atoms with E-state index in [9.17, 15) is 4.79 Å². The summed E-state index contributed by atoms with van der Waals surface area (Å²) in [5.74, 6) is 2.54. The van der Waals surface area contributed by atoms with E-state index < -0.39 is 0 Å². The normalized spacial score (nSPS) is 19.5. The molecule has 1 fully saturated rings. The molecule has 1 atom stereocenters. The van der Waals surface area contributed by atoms with Crippen LogP contribution in [0.5, 0.6) is 0 Å². The van der Waals surface area contributed by atoms with Crippen molar-refractivity contribution in [2.45, 2.75) is 53.0 Å². The van der Waals surface area contributed by atoms with Gasteiger partial charge >= 0.3 is 0 Å². The van der Waals surface area contributed by atoms with Crippen molar-refractivity contribution >= 4 is 11.9 Å². The lowest BCUT2D eigenvalue weighted by Gasteiger charge is -2.22. The summed E-state index contributed by atoms with van der Waals surface area (Å²) in [7, 11) is 1.81. The largest absolute Gasteiger partial charge is 0.356 e. The SMILES string of the molecule is CN=C(NCCC(=O)NC(C)C)N1CCC(CC(C)C)C1. The molecule has 0 bridgehead atoms. The van der Waals surface area contributed by atoms with E-state index in [2.05, 4.69) is 34.4 Å². The van der Waals surface area contributed by atoms with Crippen LogP contribution in [0.25, 0.3) is 0 Å². The maximum Gasteiger partial charge on any atom is 0.221 e. The molecule has 0 aliphatic carbocycles. The summed E-state index contributed by atoms with van der Waals surface area (Å²) in [5.41, 5.74) is 0. The number of guanidine groups is 1. The van der Waals surface area contributed by atoms with Gasteiger partial charge in [0, 0.05) is 39.1 Å². The van der Waals surface area contributed by atoms with Gasteiger partial charge in [-0.15, -0.1) is 0 Å². The third kappa shape index (κ3) is 6.82. The highest BCUT2D eigenvalue weighted by atomic mass is 16.1. The second-order valence-electron chi connectivity index (χ2n) is 6.68. The van der Waals surface area contributed by atoms with Gasteiger partial charge in [-0.3, -0.25) is 9.79 Å². The minimum Gasteiger partial charge on any atom is -0.356 e. The van der Waals surface area contributed by atoms with Gasteiger partial charge < -0.3 is 15.5 Å². The van der Waals surface area contributed by atoms with Gasteiger partial charge in [0.15, 0.2) is 5.96 Å². The average molecular weight is 296 g/mol. The predicted molar refractivity (Wildman–Crippen MR) is 88.4 cm³/mol. The molecule has 1 unspecified atom stereocenters. The van der Waals surface area contributed by atoms with E-state index in [-0.39, 0.29) is 11.9 Å². The predicted octanol–water partition coefficient (Wildman–Crippen LogP) is 1.84. The number of carbonyl (C=O) groups excluding carboxylic acids is 1. The zero-order valence-corrected chi connectivity index (χ0v) is 14.3. The molecule has 122 valence electrons. The van der Waals surface area contributed by atoms with E-state index >= 15 is 0 Å². The topological polar surface area (TPSA) is 56.7 Å². The van der Waals surface area contributed by atoms with Crippen molar-refractivity contribution in [1.82, 2.24) is 15.5 Å². The number of amides is 1. The molecule has 21 heavy (non-hydrogen) atoms. The first-order valence-corrected chi connectivity index (χ1v) is 8.17. The van der Waals surface area contributed by atoms with Gasteiger partial charge in [-0.2, -0.15) is 0 Å². The van der Waals surface area contributed by atoms with E-state index in [1.165, 1.54) is 12.8 Å². The van der Waals surface area contributed by atoms with Crippen molar-refractivity contribution in [3.05, 3.63) is 0 Å². The molecule has 1 saturated heterocycles. The van der Waals surface area contributed by atoms with Gasteiger partial charge in [0.05, 0.1) is 0 Å². The molecule has 0 spiro atoms. The Balaban J connectivity index is 2.31. The van der Waals surface area contributed by atoms with E-state index in [4.69, 9.17) is 0 Å². The molecule has 0 saturated carbocycles. The summed E-state index contributed by atoms with van der Waals surface area (Å²) in [6.45, 7) is 11.3. The first-order valence-electron chi connectivity index (χ1n) is 8.17. The highest BCUT2D eigenvalue weighted by Crippen LogP contribution is 2.23. The van der Waals surface area contributed by atoms with Crippen LogP contribution in [0.3, 0.4) is 0 Å². The van der Waals surface area contributed by atoms with Crippen molar-refractivity contribution in [2.75, 3.05) is 26.7 Å². The fourth-order valence-electron chi connectivity index (χ4n) is 2.90. The number of hydrogen-bond acceptors (Lipinski definition) is 2. The summed E-state index contributed by atoms with van der Waals surface area (Å²) in [5, 5.41) is 6.20. The van der Waals surface area contributed by atoms with E-state index in [0.29, 0.717) is 13.0 Å². The molecule has 1 amide bonds. The molecule has 1 aliphatic rings. The summed E-state index contributed by atoms with van der Waals surface area (Å²) in [6.07, 6.45) is 3.01. The number of rotatable bonds is 6. The number of nitrogens with zero attached hydrogens (tertiary/aromatic N) is 2. The molecule has 5 nitrogen and oxygen atoms in total. The van der Waals surface area contributed by atoms with Crippen LogP contribution < -0.4 is 10.6 Å². The molecule has 0 aromatic carbocycles. The smallest absolute Gasteiger partial charge is 0.221 e. The van der Waals surface area contributed by atoms with Crippen LogP contribution in [-0.4, -0.2) is 49.5 Å². The highest BCUT2D eigenvalue weighted by molar-refractivity contribution is 5.81. The van der Waals surface area contributed by atoms with Crippen LogP contribution in [0.1, 0.15) is 47.0 Å². The maximum absolute atomic E-state index is 11.6. The summed E-state index contributed by atoms with van der Waals surface area (Å²) >= 11 is 0. The van der Waals surface area contributed by atoms with Crippen molar-refractivity contribution < 1.29 is 4.79 Å². The Morgan fingerprint density at radius 2 is 2.05 bits per heavy atom. The molecule has 1 aliphatic heterocycles. The van der Waals surface area contributed by atoms with Gasteiger partial charge in [0.25, 0.3) is 0 Å². The summed E-state index contributed by atoms with van der Waals surface area (Å²) in [4.78, 5) is 18.3. The monoisotopic (exact) mass is 296 g/mol. The molecular weight excluding hydrogens is 264 g/mol. The number of hydrogen-bond donors (Lipinski definition) is 2. The van der Waals surface area contributed by atoms with Gasteiger partial charge in [-0.1, -0.05) is 13.8 Å². The Hall–Kier alpha value is -1.26. The third-order valence-electron chi connectivity index (χ3n) is 3.69. The molecule has 2 N–H and O–H groups in total. The van der Waals surface area contributed by atoms with Gasteiger partial charge in [-0.25, -0.2) is 0 Å². The first-order chi connectivity index (χ1) is 9.92. The Bertz CT molecular complexity index is 352. The fraction of sp³-hybridized carbons (Fsp3) is 0.875. The maximum atomic E-state index is 11.6. The number of aliphatic imine (C=N–C) groups is 1. The Morgan fingerprint density at radius 3 is 2.62 bits per heavy atom. The van der Waals surface area contributed by atoms with Crippen molar-refractivity contribution in [3.63, 3.8) is 0 Å². The Labute approximate surface area is 129 Å². The lowest BCUT2D eigenvalue weighted by atomic mass is 9.97. The zero-order chi connectivity index (χ0) is 15.8. The second-order valence-corrected chi connectivity index (χ2v) is 6.68. The van der Waals surface area contributed by atoms with Gasteiger partial charge in [-0.05, 0) is 38.5 Å². The second kappa shape index (κ2) is 8.90. The Morgan fingerprint density at radius 1 is 1.33 bits per heavy atom. The number of likely N-dealkylation sites (tertiary alicyclic amines) is 1. The molecule has 0 radical (unpaired) electrons. The quantitative estimate of drug-likeness (QED) is 0.581. The fourth-order valence-corrected chi connectivity index (χ4v) is 2.90. The molecule has 1 rings (SSSR count). The van der Waals surface area contributed by atoms with Crippen molar-refractivity contribution in [3.8, 4) is 0 Å². The lowest BCUT2D eigenvalue weighted by Crippen LogP contribution is -2.42. The zero-order valence-electron chi connectivity index (χ0n) is 14.3. The molecule has 5 heteroatoms. The standard InChI is InChI=1S/C16H32N4O/c1-12(2)10-14-7-9-20(11-14)16(17-5)18-8-6-15(21)19-13(3)4/h12-14H,6-11H2,1-5H3,(H,17,18)(H,19,21). The molecule has 0 aromatic heterocycles. The van der Waals surface area contributed by atoms with Crippen LogP contribution in [0, 0.1) is 11.8 Å². The van der Waals surface area contributed by atoms with E-state index in [1.807, 2.05) is 20.9 Å². The third-order valence-corrected chi connectivity index (χ3v) is 3.69. The van der Waals surface area contributed by atoms with Crippen molar-refractivity contribution in [1.29, 1.82) is 0 Å². The van der Waals surface area contributed by atoms with E-state index in [1.54, 1.807) is 0 Å². The summed E-state index contributed by atoms with van der Waals surface area (Å²) < 4.78 is 0. The van der Waals surface area contributed by atoms with Crippen LogP contribution in [0.4, 0.5) is 0 Å². The van der Waals surface area contributed by atoms with Crippen LogP contribution in [-0.2, 0) is 4.79 Å².